The molecule has 2 aromatic carbocycles. The first-order chi connectivity index (χ1) is 14.1. The Hall–Kier alpha value is -3.12. The molecular weight excluding hydrogens is 386 g/mol. The summed E-state index contributed by atoms with van der Waals surface area (Å²) in [5.74, 6) is -0.00975. The van der Waals surface area contributed by atoms with E-state index in [-0.39, 0.29) is 12.5 Å². The molecule has 0 unspecified atom stereocenters. The topological polar surface area (TPSA) is 64.6 Å². The minimum Gasteiger partial charge on any atom is -0.497 e. The van der Waals surface area contributed by atoms with Crippen molar-refractivity contribution in [3.05, 3.63) is 76.0 Å². The first-order valence-electron chi connectivity index (χ1n) is 9.28. The molecule has 1 N–H and O–H groups in total. The first kappa shape index (κ1) is 20.6. The van der Waals surface area contributed by atoms with Crippen LogP contribution in [0.2, 0.25) is 0 Å². The van der Waals surface area contributed by atoms with E-state index >= 15 is 0 Å². The molecule has 0 bridgehead atoms. The second-order valence-electron chi connectivity index (χ2n) is 6.55. The molecule has 0 fully saturated rings. The maximum Gasteiger partial charge on any atom is 0.349 e. The Kier molecular flexibility index (Phi) is 7.03. The standard InChI is InChI=1S/C23H23NO4S/c1-16-3-7-18(8-4-16)20-12-14-29-22(20)23(26)28-15-21(25)24-13-11-17-5-9-19(27-2)10-6-17/h3-10,12,14H,11,13,15H2,1-2H3,(H,24,25). The number of rotatable bonds is 8. The smallest absolute Gasteiger partial charge is 0.349 e. The van der Waals surface area contributed by atoms with Crippen LogP contribution in [0.4, 0.5) is 0 Å². The molecule has 0 aliphatic carbocycles. The molecule has 0 saturated carbocycles. The summed E-state index contributed by atoms with van der Waals surface area (Å²) in [5, 5.41) is 4.62. The minimum absolute atomic E-state index is 0.299. The van der Waals surface area contributed by atoms with Crippen LogP contribution >= 0.6 is 11.3 Å². The molecule has 0 atom stereocenters. The van der Waals surface area contributed by atoms with Gasteiger partial charge in [-0.05, 0) is 48.1 Å². The Morgan fingerprint density at radius 3 is 2.41 bits per heavy atom. The zero-order chi connectivity index (χ0) is 20.6. The lowest BCUT2D eigenvalue weighted by Crippen LogP contribution is -2.30. The monoisotopic (exact) mass is 409 g/mol. The van der Waals surface area contributed by atoms with Gasteiger partial charge >= 0.3 is 5.97 Å². The first-order valence-corrected chi connectivity index (χ1v) is 10.2. The highest BCUT2D eigenvalue weighted by molar-refractivity contribution is 7.12. The number of hydrogen-bond donors (Lipinski definition) is 1. The molecule has 0 aliphatic rings. The lowest BCUT2D eigenvalue weighted by atomic mass is 10.1. The molecule has 29 heavy (non-hydrogen) atoms. The van der Waals surface area contributed by atoms with Gasteiger partial charge in [0, 0.05) is 12.1 Å². The van der Waals surface area contributed by atoms with Crippen LogP contribution in [0, 0.1) is 6.92 Å². The normalized spacial score (nSPS) is 10.4. The zero-order valence-corrected chi connectivity index (χ0v) is 17.3. The molecular formula is C23H23NO4S. The van der Waals surface area contributed by atoms with Crippen molar-refractivity contribution >= 4 is 23.2 Å². The van der Waals surface area contributed by atoms with Crippen LogP contribution in [0.1, 0.15) is 20.8 Å². The molecule has 0 radical (unpaired) electrons. The molecule has 150 valence electrons. The Bertz CT molecular complexity index is 961. The quantitative estimate of drug-likeness (QED) is 0.565. The summed E-state index contributed by atoms with van der Waals surface area (Å²) in [6.45, 7) is 2.18. The van der Waals surface area contributed by atoms with Crippen LogP contribution in [0.5, 0.6) is 5.75 Å². The predicted octanol–water partition coefficient (Wildman–Crippen LogP) is 4.25. The van der Waals surface area contributed by atoms with E-state index in [0.717, 1.165) is 28.0 Å². The molecule has 1 heterocycles. The van der Waals surface area contributed by atoms with Crippen molar-refractivity contribution in [3.63, 3.8) is 0 Å². The SMILES string of the molecule is COc1ccc(CCNC(=O)COC(=O)c2sccc2-c2ccc(C)cc2)cc1. The number of thiophene rings is 1. The molecule has 0 saturated heterocycles. The van der Waals surface area contributed by atoms with Crippen LogP contribution in [0.25, 0.3) is 11.1 Å². The van der Waals surface area contributed by atoms with Crippen molar-refractivity contribution in [1.82, 2.24) is 5.32 Å². The number of carbonyl (C=O) groups excluding carboxylic acids is 2. The van der Waals surface area contributed by atoms with E-state index in [4.69, 9.17) is 9.47 Å². The van der Waals surface area contributed by atoms with Gasteiger partial charge in [-0.1, -0.05) is 42.0 Å². The number of esters is 1. The fraction of sp³-hybridized carbons (Fsp3) is 0.217. The van der Waals surface area contributed by atoms with Gasteiger partial charge < -0.3 is 14.8 Å². The summed E-state index contributed by atoms with van der Waals surface area (Å²) in [6.07, 6.45) is 0.687. The minimum atomic E-state index is -0.485. The Morgan fingerprint density at radius 2 is 1.72 bits per heavy atom. The van der Waals surface area contributed by atoms with Crippen molar-refractivity contribution in [2.75, 3.05) is 20.3 Å². The second-order valence-corrected chi connectivity index (χ2v) is 7.47. The summed E-state index contributed by atoms with van der Waals surface area (Å²) in [5.41, 5.74) is 4.01. The second kappa shape index (κ2) is 9.89. The van der Waals surface area contributed by atoms with E-state index in [1.807, 2.05) is 66.9 Å². The molecule has 1 amide bonds. The van der Waals surface area contributed by atoms with Crippen molar-refractivity contribution in [3.8, 4) is 16.9 Å². The zero-order valence-electron chi connectivity index (χ0n) is 16.4. The van der Waals surface area contributed by atoms with E-state index in [0.29, 0.717) is 17.8 Å². The number of amides is 1. The van der Waals surface area contributed by atoms with E-state index in [1.165, 1.54) is 11.3 Å². The van der Waals surface area contributed by atoms with Crippen molar-refractivity contribution in [1.29, 1.82) is 0 Å². The van der Waals surface area contributed by atoms with Gasteiger partial charge in [-0.3, -0.25) is 4.79 Å². The van der Waals surface area contributed by atoms with E-state index in [9.17, 15) is 9.59 Å². The fourth-order valence-electron chi connectivity index (χ4n) is 2.81. The predicted molar refractivity (Wildman–Crippen MR) is 114 cm³/mol. The lowest BCUT2D eigenvalue weighted by Gasteiger charge is -2.08. The van der Waals surface area contributed by atoms with Crippen LogP contribution in [-0.2, 0) is 16.0 Å². The highest BCUT2D eigenvalue weighted by atomic mass is 32.1. The maximum atomic E-state index is 12.4. The molecule has 3 aromatic rings. The van der Waals surface area contributed by atoms with E-state index in [1.54, 1.807) is 7.11 Å². The Labute approximate surface area is 174 Å². The van der Waals surface area contributed by atoms with Crippen LogP contribution in [0.15, 0.2) is 60.0 Å². The molecule has 5 nitrogen and oxygen atoms in total. The molecule has 0 aliphatic heterocycles. The van der Waals surface area contributed by atoms with Crippen molar-refractivity contribution in [2.45, 2.75) is 13.3 Å². The highest BCUT2D eigenvalue weighted by Gasteiger charge is 2.17. The van der Waals surface area contributed by atoms with Crippen LogP contribution in [-0.4, -0.2) is 32.1 Å². The largest absolute Gasteiger partial charge is 0.497 e. The number of methoxy groups -OCH3 is 1. The van der Waals surface area contributed by atoms with Gasteiger partial charge in [0.15, 0.2) is 6.61 Å². The van der Waals surface area contributed by atoms with Crippen molar-refractivity contribution < 1.29 is 19.1 Å². The summed E-state index contributed by atoms with van der Waals surface area (Å²) in [7, 11) is 1.62. The lowest BCUT2D eigenvalue weighted by molar-refractivity contribution is -0.124. The molecule has 3 rings (SSSR count). The summed E-state index contributed by atoms with van der Waals surface area (Å²) in [4.78, 5) is 24.9. The number of aryl methyl sites for hydroxylation is 1. The fourth-order valence-corrected chi connectivity index (χ4v) is 3.62. The van der Waals surface area contributed by atoms with Gasteiger partial charge in [0.05, 0.1) is 7.11 Å². The number of benzene rings is 2. The highest BCUT2D eigenvalue weighted by Crippen LogP contribution is 2.29. The van der Waals surface area contributed by atoms with E-state index < -0.39 is 5.97 Å². The van der Waals surface area contributed by atoms with Gasteiger partial charge in [-0.15, -0.1) is 11.3 Å². The number of nitrogens with one attached hydrogen (secondary N) is 1. The molecule has 1 aromatic heterocycles. The van der Waals surface area contributed by atoms with E-state index in [2.05, 4.69) is 5.32 Å². The Balaban J connectivity index is 1.47. The summed E-state index contributed by atoms with van der Waals surface area (Å²) in [6, 6.07) is 17.5. The summed E-state index contributed by atoms with van der Waals surface area (Å²) >= 11 is 1.31. The summed E-state index contributed by atoms with van der Waals surface area (Å²) < 4.78 is 10.3. The van der Waals surface area contributed by atoms with Gasteiger partial charge in [-0.2, -0.15) is 0 Å². The number of carbonyl (C=O) groups is 2. The molecule has 6 heteroatoms. The average molecular weight is 410 g/mol. The third-order valence-electron chi connectivity index (χ3n) is 4.44. The average Bonchev–Trinajstić information content (AvgIpc) is 3.23. The van der Waals surface area contributed by atoms with Crippen LogP contribution < -0.4 is 10.1 Å². The Morgan fingerprint density at radius 1 is 1.00 bits per heavy atom. The van der Waals surface area contributed by atoms with Gasteiger partial charge in [-0.25, -0.2) is 4.79 Å². The third kappa shape index (κ3) is 5.68. The van der Waals surface area contributed by atoms with Gasteiger partial charge in [0.1, 0.15) is 10.6 Å². The maximum absolute atomic E-state index is 12.4. The van der Waals surface area contributed by atoms with Gasteiger partial charge in [0.25, 0.3) is 5.91 Å². The van der Waals surface area contributed by atoms with Crippen LogP contribution in [0.3, 0.4) is 0 Å². The number of ether oxygens (including phenoxy) is 2. The third-order valence-corrected chi connectivity index (χ3v) is 5.34. The van der Waals surface area contributed by atoms with Gasteiger partial charge in [0.2, 0.25) is 0 Å². The number of hydrogen-bond acceptors (Lipinski definition) is 5. The molecule has 0 spiro atoms. The van der Waals surface area contributed by atoms with Crippen molar-refractivity contribution in [2.24, 2.45) is 0 Å².